The minimum atomic E-state index is 0.158. The molecule has 2 nitrogen and oxygen atoms in total. The Morgan fingerprint density at radius 1 is 1.39 bits per heavy atom. The monoisotopic (exact) mass is 341 g/mol. The van der Waals surface area contributed by atoms with E-state index in [-0.39, 0.29) is 11.9 Å². The Morgan fingerprint density at radius 2 is 2.28 bits per heavy atom. The van der Waals surface area contributed by atoms with Gasteiger partial charge in [-0.15, -0.1) is 11.3 Å². The van der Waals surface area contributed by atoms with Crippen LogP contribution in [0.2, 0.25) is 0 Å². The van der Waals surface area contributed by atoms with Gasteiger partial charge in [-0.25, -0.2) is 0 Å². The van der Waals surface area contributed by atoms with E-state index in [9.17, 15) is 4.79 Å². The van der Waals surface area contributed by atoms with Crippen LogP contribution in [0.1, 0.15) is 34.1 Å². The topological polar surface area (TPSA) is 20.3 Å². The molecular weight excluding hydrogens is 330 g/mol. The number of amides is 1. The molecular formula is C13H12BrNOS2. The number of likely N-dealkylation sites (tertiary alicyclic amines) is 1. The van der Waals surface area contributed by atoms with Crippen LogP contribution >= 0.6 is 38.6 Å². The first-order valence-corrected chi connectivity index (χ1v) is 8.45. The highest BCUT2D eigenvalue weighted by Gasteiger charge is 2.31. The number of hydrogen-bond acceptors (Lipinski definition) is 3. The van der Waals surface area contributed by atoms with Crippen molar-refractivity contribution >= 4 is 44.5 Å². The van der Waals surface area contributed by atoms with E-state index in [1.807, 2.05) is 16.3 Å². The molecule has 1 atom stereocenters. The number of nitrogens with zero attached hydrogens (tertiary/aromatic N) is 1. The zero-order chi connectivity index (χ0) is 12.5. The standard InChI is InChI=1S/C13H12BrNOS2/c14-10-4-7-18-12(10)13(16)15-5-1-2-11(15)9-3-6-17-8-9/h3-4,6-8,11H,1-2,5H2. The number of hydrogen-bond donors (Lipinski definition) is 0. The number of carbonyl (C=O) groups excluding carboxylic acids is 1. The lowest BCUT2D eigenvalue weighted by Crippen LogP contribution is -2.29. The maximum Gasteiger partial charge on any atom is 0.265 e. The summed E-state index contributed by atoms with van der Waals surface area (Å²) in [5.74, 6) is 0.158. The SMILES string of the molecule is O=C(c1sccc1Br)N1CCCC1c1ccsc1. The molecule has 3 rings (SSSR count). The summed E-state index contributed by atoms with van der Waals surface area (Å²) in [5.41, 5.74) is 1.28. The third kappa shape index (κ3) is 2.15. The molecule has 1 saturated heterocycles. The van der Waals surface area contributed by atoms with Gasteiger partial charge in [-0.2, -0.15) is 11.3 Å². The summed E-state index contributed by atoms with van der Waals surface area (Å²) < 4.78 is 0.911. The Labute approximate surface area is 122 Å². The largest absolute Gasteiger partial charge is 0.331 e. The first kappa shape index (κ1) is 12.4. The molecule has 0 aliphatic carbocycles. The summed E-state index contributed by atoms with van der Waals surface area (Å²) in [5, 5.41) is 6.18. The molecule has 94 valence electrons. The van der Waals surface area contributed by atoms with E-state index in [2.05, 4.69) is 32.8 Å². The second kappa shape index (κ2) is 5.15. The van der Waals surface area contributed by atoms with Crippen molar-refractivity contribution in [3.05, 3.63) is 43.2 Å². The predicted molar refractivity (Wildman–Crippen MR) is 79.3 cm³/mol. The lowest BCUT2D eigenvalue weighted by atomic mass is 10.1. The van der Waals surface area contributed by atoms with Crippen LogP contribution in [0.3, 0.4) is 0 Å². The lowest BCUT2D eigenvalue weighted by molar-refractivity contribution is 0.0740. The zero-order valence-corrected chi connectivity index (χ0v) is 12.9. The molecule has 0 N–H and O–H groups in total. The van der Waals surface area contributed by atoms with Crippen LogP contribution in [0.15, 0.2) is 32.7 Å². The molecule has 2 aromatic rings. The molecule has 0 aromatic carbocycles. The van der Waals surface area contributed by atoms with Gasteiger partial charge in [0.25, 0.3) is 5.91 Å². The van der Waals surface area contributed by atoms with Crippen molar-refractivity contribution < 1.29 is 4.79 Å². The van der Waals surface area contributed by atoms with Gasteiger partial charge in [-0.1, -0.05) is 0 Å². The molecule has 5 heteroatoms. The highest BCUT2D eigenvalue weighted by atomic mass is 79.9. The van der Waals surface area contributed by atoms with Crippen LogP contribution in [0, 0.1) is 0 Å². The Balaban J connectivity index is 1.88. The second-order valence-electron chi connectivity index (χ2n) is 4.31. The maximum atomic E-state index is 12.5. The highest BCUT2D eigenvalue weighted by molar-refractivity contribution is 9.10. The minimum absolute atomic E-state index is 0.158. The molecule has 1 aliphatic heterocycles. The zero-order valence-electron chi connectivity index (χ0n) is 9.64. The summed E-state index contributed by atoms with van der Waals surface area (Å²) in [7, 11) is 0. The number of thiophene rings is 2. The molecule has 0 radical (unpaired) electrons. The summed E-state index contributed by atoms with van der Waals surface area (Å²) in [6.45, 7) is 0.865. The summed E-state index contributed by atoms with van der Waals surface area (Å²) in [6.07, 6.45) is 2.17. The van der Waals surface area contributed by atoms with Gasteiger partial charge in [0.15, 0.2) is 0 Å². The minimum Gasteiger partial charge on any atom is -0.331 e. The number of carbonyl (C=O) groups is 1. The van der Waals surface area contributed by atoms with Crippen LogP contribution in [0.25, 0.3) is 0 Å². The van der Waals surface area contributed by atoms with E-state index in [0.717, 1.165) is 28.7 Å². The van der Waals surface area contributed by atoms with Gasteiger partial charge < -0.3 is 4.90 Å². The van der Waals surface area contributed by atoms with Gasteiger partial charge >= 0.3 is 0 Å². The van der Waals surface area contributed by atoms with Crippen LogP contribution in [0.4, 0.5) is 0 Å². The smallest absolute Gasteiger partial charge is 0.265 e. The van der Waals surface area contributed by atoms with E-state index in [1.54, 1.807) is 11.3 Å². The molecule has 0 saturated carbocycles. The first-order chi connectivity index (χ1) is 8.77. The van der Waals surface area contributed by atoms with Crippen molar-refractivity contribution in [1.29, 1.82) is 0 Å². The molecule has 1 unspecified atom stereocenters. The molecule has 0 spiro atoms. The van der Waals surface area contributed by atoms with Crippen LogP contribution < -0.4 is 0 Å². The van der Waals surface area contributed by atoms with Gasteiger partial charge in [0.2, 0.25) is 0 Å². The molecule has 0 bridgehead atoms. The van der Waals surface area contributed by atoms with Crippen molar-refractivity contribution in [3.8, 4) is 0 Å². The van der Waals surface area contributed by atoms with Crippen molar-refractivity contribution in [2.45, 2.75) is 18.9 Å². The lowest BCUT2D eigenvalue weighted by Gasteiger charge is -2.23. The fourth-order valence-electron chi connectivity index (χ4n) is 2.40. The van der Waals surface area contributed by atoms with Crippen molar-refractivity contribution in [2.75, 3.05) is 6.54 Å². The van der Waals surface area contributed by atoms with Gasteiger partial charge in [0, 0.05) is 11.0 Å². The van der Waals surface area contributed by atoms with E-state index in [1.165, 1.54) is 16.9 Å². The fraction of sp³-hybridized carbons (Fsp3) is 0.308. The number of halogens is 1. The molecule has 18 heavy (non-hydrogen) atoms. The van der Waals surface area contributed by atoms with Gasteiger partial charge in [-0.3, -0.25) is 4.79 Å². The maximum absolute atomic E-state index is 12.5. The summed E-state index contributed by atoms with van der Waals surface area (Å²) in [4.78, 5) is 15.4. The Kier molecular flexibility index (Phi) is 3.54. The second-order valence-corrected chi connectivity index (χ2v) is 6.86. The van der Waals surface area contributed by atoms with Gasteiger partial charge in [-0.05, 0) is 62.6 Å². The Bertz CT molecular complexity index is 549. The van der Waals surface area contributed by atoms with Crippen molar-refractivity contribution in [2.24, 2.45) is 0 Å². The average molecular weight is 342 g/mol. The average Bonchev–Trinajstić information content (AvgIpc) is 3.09. The summed E-state index contributed by atoms with van der Waals surface area (Å²) >= 11 is 6.65. The quantitative estimate of drug-likeness (QED) is 0.784. The highest BCUT2D eigenvalue weighted by Crippen LogP contribution is 2.36. The Hall–Kier alpha value is -0.650. The van der Waals surface area contributed by atoms with Crippen LogP contribution in [0.5, 0.6) is 0 Å². The predicted octanol–water partition coefficient (Wildman–Crippen LogP) is 4.55. The van der Waals surface area contributed by atoms with Crippen molar-refractivity contribution in [1.82, 2.24) is 4.90 Å². The fourth-order valence-corrected chi connectivity index (χ4v) is 4.60. The van der Waals surface area contributed by atoms with Gasteiger partial charge in [0.05, 0.1) is 6.04 Å². The molecule has 1 aliphatic rings. The summed E-state index contributed by atoms with van der Waals surface area (Å²) in [6, 6.07) is 4.33. The number of rotatable bonds is 2. The van der Waals surface area contributed by atoms with Crippen LogP contribution in [-0.2, 0) is 0 Å². The normalized spacial score (nSPS) is 19.4. The third-order valence-electron chi connectivity index (χ3n) is 3.25. The van der Waals surface area contributed by atoms with E-state index in [0.29, 0.717) is 0 Å². The Morgan fingerprint density at radius 3 is 2.94 bits per heavy atom. The van der Waals surface area contributed by atoms with Crippen LogP contribution in [-0.4, -0.2) is 17.4 Å². The molecule has 1 fully saturated rings. The van der Waals surface area contributed by atoms with E-state index < -0.39 is 0 Å². The van der Waals surface area contributed by atoms with E-state index in [4.69, 9.17) is 0 Å². The molecule has 2 aromatic heterocycles. The van der Waals surface area contributed by atoms with Crippen molar-refractivity contribution in [3.63, 3.8) is 0 Å². The molecule has 3 heterocycles. The molecule has 1 amide bonds. The first-order valence-electron chi connectivity index (χ1n) is 5.83. The third-order valence-corrected chi connectivity index (χ3v) is 5.78. The van der Waals surface area contributed by atoms with E-state index >= 15 is 0 Å². The van der Waals surface area contributed by atoms with Gasteiger partial charge in [0.1, 0.15) is 4.88 Å².